The molecule has 1 aromatic heterocycles. The molecular weight excluding hydrogens is 220 g/mol. The van der Waals surface area contributed by atoms with Crippen molar-refractivity contribution >= 4 is 10.9 Å². The highest BCUT2D eigenvalue weighted by Gasteiger charge is 2.01. The standard InChI is InChI=1S/C16H24N2/c1-3-4-5-6-10-18-11-9-15-12-14(13-17-2)7-8-16(15)18/h7-9,11-12,17H,3-6,10,13H2,1-2H3. The lowest BCUT2D eigenvalue weighted by Gasteiger charge is -2.06. The van der Waals surface area contributed by atoms with Crippen molar-refractivity contribution < 1.29 is 0 Å². The number of rotatable bonds is 7. The van der Waals surface area contributed by atoms with Crippen LogP contribution in [0.1, 0.15) is 38.2 Å². The van der Waals surface area contributed by atoms with Crippen LogP contribution in [0.5, 0.6) is 0 Å². The first-order valence-electron chi connectivity index (χ1n) is 7.07. The summed E-state index contributed by atoms with van der Waals surface area (Å²) in [5.74, 6) is 0. The lowest BCUT2D eigenvalue weighted by atomic mass is 10.1. The van der Waals surface area contributed by atoms with Gasteiger partial charge in [0.25, 0.3) is 0 Å². The molecule has 0 unspecified atom stereocenters. The summed E-state index contributed by atoms with van der Waals surface area (Å²) in [6.45, 7) is 4.35. The molecule has 2 aromatic rings. The van der Waals surface area contributed by atoms with Crippen molar-refractivity contribution in [2.24, 2.45) is 0 Å². The summed E-state index contributed by atoms with van der Waals surface area (Å²) >= 11 is 0. The van der Waals surface area contributed by atoms with Gasteiger partial charge in [0.2, 0.25) is 0 Å². The highest BCUT2D eigenvalue weighted by Crippen LogP contribution is 2.18. The highest BCUT2D eigenvalue weighted by molar-refractivity contribution is 5.80. The van der Waals surface area contributed by atoms with Crippen LogP contribution in [-0.4, -0.2) is 11.6 Å². The van der Waals surface area contributed by atoms with Crippen molar-refractivity contribution in [3.63, 3.8) is 0 Å². The molecular formula is C16H24N2. The first kappa shape index (κ1) is 13.2. The van der Waals surface area contributed by atoms with Crippen molar-refractivity contribution in [3.05, 3.63) is 36.0 Å². The Morgan fingerprint density at radius 2 is 2.00 bits per heavy atom. The Morgan fingerprint density at radius 1 is 1.11 bits per heavy atom. The van der Waals surface area contributed by atoms with Crippen LogP contribution in [0.3, 0.4) is 0 Å². The summed E-state index contributed by atoms with van der Waals surface area (Å²) in [7, 11) is 1.99. The fourth-order valence-corrected chi connectivity index (χ4v) is 2.47. The third kappa shape index (κ3) is 3.14. The zero-order valence-corrected chi connectivity index (χ0v) is 11.6. The molecule has 0 saturated carbocycles. The van der Waals surface area contributed by atoms with Gasteiger partial charge in [0, 0.05) is 24.8 Å². The second-order valence-corrected chi connectivity index (χ2v) is 4.99. The lowest BCUT2D eigenvalue weighted by molar-refractivity contribution is 0.593. The van der Waals surface area contributed by atoms with E-state index in [1.54, 1.807) is 0 Å². The second kappa shape index (κ2) is 6.60. The Kier molecular flexibility index (Phi) is 4.82. The van der Waals surface area contributed by atoms with Gasteiger partial charge in [-0.1, -0.05) is 32.3 Å². The van der Waals surface area contributed by atoms with Gasteiger partial charge in [-0.25, -0.2) is 0 Å². The number of nitrogens with zero attached hydrogens (tertiary/aromatic N) is 1. The molecule has 2 heteroatoms. The van der Waals surface area contributed by atoms with Crippen LogP contribution in [0.15, 0.2) is 30.5 Å². The molecule has 18 heavy (non-hydrogen) atoms. The maximum atomic E-state index is 3.20. The van der Waals surface area contributed by atoms with Gasteiger partial charge in [0.05, 0.1) is 0 Å². The minimum atomic E-state index is 0.942. The second-order valence-electron chi connectivity index (χ2n) is 4.99. The molecule has 0 aliphatic rings. The predicted octanol–water partition coefficient (Wildman–Crippen LogP) is 3.94. The monoisotopic (exact) mass is 244 g/mol. The van der Waals surface area contributed by atoms with Gasteiger partial charge in [-0.05, 0) is 42.6 Å². The minimum absolute atomic E-state index is 0.942. The number of benzene rings is 1. The third-order valence-corrected chi connectivity index (χ3v) is 3.47. The molecule has 98 valence electrons. The fourth-order valence-electron chi connectivity index (χ4n) is 2.47. The maximum absolute atomic E-state index is 3.20. The SMILES string of the molecule is CCCCCCn1ccc2cc(CNC)ccc21. The molecule has 2 nitrogen and oxygen atoms in total. The largest absolute Gasteiger partial charge is 0.347 e. The molecule has 0 fully saturated rings. The van der Waals surface area contributed by atoms with Gasteiger partial charge < -0.3 is 9.88 Å². The smallest absolute Gasteiger partial charge is 0.0480 e. The van der Waals surface area contributed by atoms with Crippen molar-refractivity contribution in [1.29, 1.82) is 0 Å². The molecule has 0 amide bonds. The van der Waals surface area contributed by atoms with Gasteiger partial charge in [-0.15, -0.1) is 0 Å². The van der Waals surface area contributed by atoms with Crippen molar-refractivity contribution in [2.45, 2.75) is 45.7 Å². The van der Waals surface area contributed by atoms with E-state index in [-0.39, 0.29) is 0 Å². The number of aromatic nitrogens is 1. The lowest BCUT2D eigenvalue weighted by Crippen LogP contribution is -2.04. The summed E-state index contributed by atoms with van der Waals surface area (Å²) in [5.41, 5.74) is 2.72. The summed E-state index contributed by atoms with van der Waals surface area (Å²) < 4.78 is 2.38. The van der Waals surface area contributed by atoms with Gasteiger partial charge in [0.15, 0.2) is 0 Å². The van der Waals surface area contributed by atoms with E-state index in [4.69, 9.17) is 0 Å². The van der Waals surface area contributed by atoms with Crippen molar-refractivity contribution in [2.75, 3.05) is 7.05 Å². The molecule has 0 saturated heterocycles. The minimum Gasteiger partial charge on any atom is -0.347 e. The van der Waals surface area contributed by atoms with Gasteiger partial charge in [-0.2, -0.15) is 0 Å². The van der Waals surface area contributed by atoms with E-state index in [1.807, 2.05) is 7.05 Å². The number of fused-ring (bicyclic) bond motifs is 1. The highest BCUT2D eigenvalue weighted by atomic mass is 14.9. The average Bonchev–Trinajstić information content (AvgIpc) is 2.78. The van der Waals surface area contributed by atoms with Crippen LogP contribution in [0.4, 0.5) is 0 Å². The number of nitrogens with one attached hydrogen (secondary N) is 1. The molecule has 1 aromatic carbocycles. The molecule has 0 radical (unpaired) electrons. The van der Waals surface area contributed by atoms with E-state index in [1.165, 1.54) is 42.1 Å². The van der Waals surface area contributed by atoms with E-state index >= 15 is 0 Å². The van der Waals surface area contributed by atoms with E-state index in [2.05, 4.69) is 47.3 Å². The van der Waals surface area contributed by atoms with Crippen LogP contribution in [0.25, 0.3) is 10.9 Å². The Hall–Kier alpha value is -1.28. The zero-order chi connectivity index (χ0) is 12.8. The Labute approximate surface area is 110 Å². The third-order valence-electron chi connectivity index (χ3n) is 3.47. The normalized spacial score (nSPS) is 11.2. The molecule has 2 rings (SSSR count). The van der Waals surface area contributed by atoms with E-state index in [0.717, 1.165) is 13.1 Å². The van der Waals surface area contributed by atoms with Gasteiger partial charge in [0.1, 0.15) is 0 Å². The predicted molar refractivity (Wildman–Crippen MR) is 78.8 cm³/mol. The summed E-state index contributed by atoms with van der Waals surface area (Å²) in [5, 5.41) is 4.56. The van der Waals surface area contributed by atoms with Crippen LogP contribution in [-0.2, 0) is 13.1 Å². The fraction of sp³-hybridized carbons (Fsp3) is 0.500. The first-order valence-corrected chi connectivity index (χ1v) is 7.07. The maximum Gasteiger partial charge on any atom is 0.0480 e. The molecule has 0 atom stereocenters. The van der Waals surface area contributed by atoms with Crippen LogP contribution >= 0.6 is 0 Å². The molecule has 0 aliphatic heterocycles. The number of hydrogen-bond donors (Lipinski definition) is 1. The molecule has 1 N–H and O–H groups in total. The quantitative estimate of drug-likeness (QED) is 0.730. The molecule has 1 heterocycles. The van der Waals surface area contributed by atoms with Gasteiger partial charge in [-0.3, -0.25) is 0 Å². The summed E-state index contributed by atoms with van der Waals surface area (Å²) in [6, 6.07) is 8.99. The van der Waals surface area contributed by atoms with Crippen molar-refractivity contribution in [3.8, 4) is 0 Å². The summed E-state index contributed by atoms with van der Waals surface area (Å²) in [6.07, 6.45) is 7.51. The number of unbranched alkanes of at least 4 members (excludes halogenated alkanes) is 3. The van der Waals surface area contributed by atoms with E-state index < -0.39 is 0 Å². The first-order chi connectivity index (χ1) is 8.85. The Balaban J connectivity index is 2.06. The van der Waals surface area contributed by atoms with Crippen LogP contribution in [0, 0.1) is 0 Å². The molecule has 0 spiro atoms. The summed E-state index contributed by atoms with van der Waals surface area (Å²) in [4.78, 5) is 0. The van der Waals surface area contributed by atoms with Crippen LogP contribution < -0.4 is 5.32 Å². The molecule has 0 aliphatic carbocycles. The Morgan fingerprint density at radius 3 is 2.78 bits per heavy atom. The molecule has 0 bridgehead atoms. The average molecular weight is 244 g/mol. The van der Waals surface area contributed by atoms with Crippen molar-refractivity contribution in [1.82, 2.24) is 9.88 Å². The van der Waals surface area contributed by atoms with E-state index in [0.29, 0.717) is 0 Å². The zero-order valence-electron chi connectivity index (χ0n) is 11.6. The van der Waals surface area contributed by atoms with Gasteiger partial charge >= 0.3 is 0 Å². The number of hydrogen-bond acceptors (Lipinski definition) is 1. The number of aryl methyl sites for hydroxylation is 1. The van der Waals surface area contributed by atoms with Crippen LogP contribution in [0.2, 0.25) is 0 Å². The topological polar surface area (TPSA) is 17.0 Å². The Bertz CT molecular complexity index is 485. The van der Waals surface area contributed by atoms with E-state index in [9.17, 15) is 0 Å².